The second kappa shape index (κ2) is 10.0. The second-order valence-corrected chi connectivity index (χ2v) is 6.98. The van der Waals surface area contributed by atoms with E-state index in [0.29, 0.717) is 0 Å². The summed E-state index contributed by atoms with van der Waals surface area (Å²) in [5, 5.41) is 10.8. The van der Waals surface area contributed by atoms with Crippen molar-refractivity contribution in [1.82, 2.24) is 15.6 Å². The number of rotatable bonds is 6. The average molecular weight is 489 g/mol. The van der Waals surface area contributed by atoms with Crippen LogP contribution >= 0.6 is 46.9 Å². The number of fused-ring (bicyclic) bond motifs is 1. The monoisotopic (exact) mass is 488 g/mol. The van der Waals surface area contributed by atoms with E-state index in [9.17, 15) is 0 Å². The van der Waals surface area contributed by atoms with E-state index in [4.69, 9.17) is 11.6 Å². The molecule has 4 nitrogen and oxygen atoms in total. The molecule has 7 heteroatoms. The van der Waals surface area contributed by atoms with Crippen LogP contribution in [0.15, 0.2) is 46.9 Å². The Bertz CT molecular complexity index is 814. The molecule has 0 saturated heterocycles. The summed E-state index contributed by atoms with van der Waals surface area (Å²) in [6, 6.07) is 10.2. The Morgan fingerprint density at radius 1 is 1.20 bits per heavy atom. The van der Waals surface area contributed by atoms with Crippen molar-refractivity contribution in [3.8, 4) is 0 Å². The van der Waals surface area contributed by atoms with Gasteiger partial charge in [-0.25, -0.2) is 0 Å². The first-order chi connectivity index (χ1) is 11.8. The maximum absolute atomic E-state index is 6.10. The van der Waals surface area contributed by atoms with Gasteiger partial charge in [-0.1, -0.05) is 17.7 Å². The lowest BCUT2D eigenvalue weighted by Gasteiger charge is -2.11. The molecule has 0 bridgehead atoms. The van der Waals surface area contributed by atoms with Crippen LogP contribution in [0.3, 0.4) is 0 Å². The van der Waals surface area contributed by atoms with Crippen molar-refractivity contribution in [1.29, 1.82) is 0 Å². The van der Waals surface area contributed by atoms with E-state index >= 15 is 0 Å². The molecule has 3 N–H and O–H groups in total. The van der Waals surface area contributed by atoms with E-state index in [2.05, 4.69) is 44.3 Å². The van der Waals surface area contributed by atoms with E-state index in [0.717, 1.165) is 42.4 Å². The summed E-state index contributed by atoms with van der Waals surface area (Å²) in [6.07, 6.45) is 3.97. The van der Waals surface area contributed by atoms with Crippen LogP contribution in [0.2, 0.25) is 5.02 Å². The van der Waals surface area contributed by atoms with Crippen LogP contribution in [0.1, 0.15) is 10.4 Å². The number of hydrogen-bond donors (Lipinski definition) is 3. The van der Waals surface area contributed by atoms with Crippen LogP contribution in [0.5, 0.6) is 0 Å². The maximum atomic E-state index is 6.10. The number of aromatic amines is 1. The summed E-state index contributed by atoms with van der Waals surface area (Å²) in [5.74, 6) is 0.837. The minimum Gasteiger partial charge on any atom is -0.361 e. The number of guanidine groups is 1. The van der Waals surface area contributed by atoms with Gasteiger partial charge in [-0.2, -0.15) is 0 Å². The topological polar surface area (TPSA) is 52.2 Å². The molecule has 0 aliphatic rings. The Hall–Kier alpha value is -1.25. The molecule has 0 radical (unpaired) electrons. The number of benzene rings is 1. The zero-order valence-electron chi connectivity index (χ0n) is 14.0. The molecule has 3 aromatic rings. The molecule has 0 aliphatic carbocycles. The third-order valence-corrected chi connectivity index (χ3v) is 5.06. The van der Waals surface area contributed by atoms with Crippen LogP contribution in [-0.2, 0) is 12.8 Å². The molecule has 0 saturated carbocycles. The molecule has 2 aromatic heterocycles. The molecular weight excluding hydrogens is 467 g/mol. The van der Waals surface area contributed by atoms with Crippen molar-refractivity contribution in [2.24, 2.45) is 4.99 Å². The van der Waals surface area contributed by atoms with E-state index in [1.165, 1.54) is 15.8 Å². The van der Waals surface area contributed by atoms with E-state index < -0.39 is 0 Å². The quantitative estimate of drug-likeness (QED) is 0.273. The Morgan fingerprint density at radius 3 is 2.72 bits per heavy atom. The van der Waals surface area contributed by atoms with Crippen LogP contribution in [0.4, 0.5) is 0 Å². The van der Waals surface area contributed by atoms with Gasteiger partial charge >= 0.3 is 0 Å². The van der Waals surface area contributed by atoms with Crippen LogP contribution in [0.25, 0.3) is 10.9 Å². The van der Waals surface area contributed by atoms with Crippen molar-refractivity contribution in [3.05, 3.63) is 57.4 Å². The number of aliphatic imine (C=N–C) groups is 1. The number of thiophene rings is 1. The van der Waals surface area contributed by atoms with Gasteiger partial charge in [-0.3, -0.25) is 4.99 Å². The SMILES string of the molecule is CN=C(NCCc1cccs1)NCCc1c[nH]c2ccc(Cl)cc12.I. The van der Waals surface area contributed by atoms with E-state index in [1.54, 1.807) is 18.4 Å². The zero-order chi connectivity index (χ0) is 16.8. The predicted molar refractivity (Wildman–Crippen MR) is 120 cm³/mol. The summed E-state index contributed by atoms with van der Waals surface area (Å²) in [5.41, 5.74) is 2.38. The van der Waals surface area contributed by atoms with Gasteiger partial charge in [0.2, 0.25) is 0 Å². The minimum absolute atomic E-state index is 0. The van der Waals surface area contributed by atoms with Crippen molar-refractivity contribution in [2.45, 2.75) is 12.8 Å². The molecule has 134 valence electrons. The molecule has 25 heavy (non-hydrogen) atoms. The zero-order valence-corrected chi connectivity index (χ0v) is 17.9. The highest BCUT2D eigenvalue weighted by Gasteiger charge is 2.05. The molecule has 0 fully saturated rings. The lowest BCUT2D eigenvalue weighted by molar-refractivity contribution is 0.789. The molecular formula is C18H22ClIN4S. The third-order valence-electron chi connectivity index (χ3n) is 3.88. The first kappa shape index (κ1) is 20.1. The predicted octanol–water partition coefficient (Wildman–Crippen LogP) is 4.45. The van der Waals surface area contributed by atoms with E-state index in [-0.39, 0.29) is 24.0 Å². The van der Waals surface area contributed by atoms with Crippen molar-refractivity contribution in [3.63, 3.8) is 0 Å². The second-order valence-electron chi connectivity index (χ2n) is 5.51. The Kier molecular flexibility index (Phi) is 8.05. The summed E-state index contributed by atoms with van der Waals surface area (Å²) in [7, 11) is 1.80. The Balaban J connectivity index is 0.00000225. The van der Waals surface area contributed by atoms with Gasteiger partial charge in [-0.05, 0) is 48.1 Å². The highest BCUT2D eigenvalue weighted by molar-refractivity contribution is 14.0. The smallest absolute Gasteiger partial charge is 0.190 e. The van der Waals surface area contributed by atoms with Gasteiger partial charge in [0.05, 0.1) is 0 Å². The van der Waals surface area contributed by atoms with Gasteiger partial charge in [0.1, 0.15) is 0 Å². The van der Waals surface area contributed by atoms with Crippen LogP contribution in [0, 0.1) is 0 Å². The van der Waals surface area contributed by atoms with Crippen LogP contribution in [-0.4, -0.2) is 31.1 Å². The number of H-pyrrole nitrogens is 1. The first-order valence-electron chi connectivity index (χ1n) is 7.98. The average Bonchev–Trinajstić information content (AvgIpc) is 3.23. The van der Waals surface area contributed by atoms with Gasteiger partial charge in [0.25, 0.3) is 0 Å². The molecule has 0 spiro atoms. The fourth-order valence-corrected chi connectivity index (χ4v) is 3.53. The fraction of sp³-hybridized carbons (Fsp3) is 0.278. The largest absolute Gasteiger partial charge is 0.361 e. The molecule has 0 amide bonds. The fourth-order valence-electron chi connectivity index (χ4n) is 2.65. The molecule has 0 unspecified atom stereocenters. The molecule has 1 aromatic carbocycles. The Labute approximate surface area is 174 Å². The number of hydrogen-bond acceptors (Lipinski definition) is 2. The third kappa shape index (κ3) is 5.62. The van der Waals surface area contributed by atoms with Gasteiger partial charge < -0.3 is 15.6 Å². The first-order valence-corrected chi connectivity index (χ1v) is 9.24. The summed E-state index contributed by atoms with van der Waals surface area (Å²) < 4.78 is 0. The Morgan fingerprint density at radius 2 is 2.00 bits per heavy atom. The summed E-state index contributed by atoms with van der Waals surface area (Å²) in [4.78, 5) is 8.94. The minimum atomic E-state index is 0. The van der Waals surface area contributed by atoms with Crippen molar-refractivity contribution >= 4 is 63.8 Å². The number of nitrogens with one attached hydrogen (secondary N) is 3. The van der Waals surface area contributed by atoms with Crippen LogP contribution < -0.4 is 10.6 Å². The molecule has 0 atom stereocenters. The molecule has 0 aliphatic heterocycles. The lowest BCUT2D eigenvalue weighted by Crippen LogP contribution is -2.39. The number of halogens is 2. The summed E-state index contributed by atoms with van der Waals surface area (Å²) >= 11 is 7.88. The number of aromatic nitrogens is 1. The maximum Gasteiger partial charge on any atom is 0.190 e. The van der Waals surface area contributed by atoms with Crippen molar-refractivity contribution in [2.75, 3.05) is 20.1 Å². The normalized spacial score (nSPS) is 11.4. The van der Waals surface area contributed by atoms with Crippen molar-refractivity contribution < 1.29 is 0 Å². The van der Waals surface area contributed by atoms with Gasteiger partial charge in [-0.15, -0.1) is 35.3 Å². The van der Waals surface area contributed by atoms with Gasteiger partial charge in [0, 0.05) is 47.1 Å². The summed E-state index contributed by atoms with van der Waals surface area (Å²) in [6.45, 7) is 1.70. The van der Waals surface area contributed by atoms with Gasteiger partial charge in [0.15, 0.2) is 5.96 Å². The molecule has 2 heterocycles. The highest BCUT2D eigenvalue weighted by atomic mass is 127. The lowest BCUT2D eigenvalue weighted by atomic mass is 10.1. The standard InChI is InChI=1S/C18H21ClN4S.HI/c1-20-18(22-9-7-15-3-2-10-24-15)21-8-6-13-12-23-17-5-4-14(19)11-16(13)17;/h2-5,10-12,23H,6-9H2,1H3,(H2,20,21,22);1H. The highest BCUT2D eigenvalue weighted by Crippen LogP contribution is 2.22. The molecule has 3 rings (SSSR count). The number of nitrogens with zero attached hydrogens (tertiary/aromatic N) is 1. The van der Waals surface area contributed by atoms with E-state index in [1.807, 2.05) is 18.2 Å².